The van der Waals surface area contributed by atoms with Crippen LogP contribution in [0.5, 0.6) is 5.75 Å². The summed E-state index contributed by atoms with van der Waals surface area (Å²) in [5.41, 5.74) is 0.857. The molecule has 112 valence electrons. The van der Waals surface area contributed by atoms with Crippen LogP contribution in [0.25, 0.3) is 0 Å². The van der Waals surface area contributed by atoms with E-state index in [-0.39, 0.29) is 16.1 Å². The first kappa shape index (κ1) is 17.5. The van der Waals surface area contributed by atoms with Gasteiger partial charge in [-0.15, -0.1) is 0 Å². The Kier molecular flexibility index (Phi) is 6.52. The van der Waals surface area contributed by atoms with Crippen molar-refractivity contribution in [3.63, 3.8) is 0 Å². The zero-order chi connectivity index (χ0) is 15.3. The summed E-state index contributed by atoms with van der Waals surface area (Å²) in [5.74, 6) is 0.638. The summed E-state index contributed by atoms with van der Waals surface area (Å²) in [5, 5.41) is 2.94. The molecule has 0 bridgehead atoms. The molecule has 1 atom stereocenters. The van der Waals surface area contributed by atoms with Crippen molar-refractivity contribution in [2.24, 2.45) is 5.41 Å². The molecule has 0 aliphatic heterocycles. The van der Waals surface area contributed by atoms with Gasteiger partial charge < -0.3 is 10.1 Å². The van der Waals surface area contributed by atoms with Gasteiger partial charge in [0, 0.05) is 16.9 Å². The van der Waals surface area contributed by atoms with E-state index >= 15 is 0 Å². The summed E-state index contributed by atoms with van der Waals surface area (Å²) in [7, 11) is 1.60. The Hall–Kier alpha value is -0.550. The normalized spacial score (nSPS) is 12.9. The highest BCUT2D eigenvalue weighted by molar-refractivity contribution is 9.10. The number of carbonyl (C=O) groups excluding carboxylic acids is 1. The lowest BCUT2D eigenvalue weighted by Crippen LogP contribution is -2.31. The fraction of sp³-hybridized carbons (Fsp3) is 0.533. The fourth-order valence-electron chi connectivity index (χ4n) is 1.85. The topological polar surface area (TPSA) is 38.3 Å². The molecule has 1 aromatic carbocycles. The molecule has 0 spiro atoms. The molecule has 0 aliphatic carbocycles. The van der Waals surface area contributed by atoms with Crippen molar-refractivity contribution in [1.82, 2.24) is 5.32 Å². The summed E-state index contributed by atoms with van der Waals surface area (Å²) in [6, 6.07) is 5.30. The third-order valence-electron chi connectivity index (χ3n) is 2.73. The van der Waals surface area contributed by atoms with Crippen LogP contribution in [0.4, 0.5) is 0 Å². The van der Waals surface area contributed by atoms with Gasteiger partial charge in [0.05, 0.1) is 11.6 Å². The van der Waals surface area contributed by atoms with Crippen molar-refractivity contribution in [2.75, 3.05) is 13.7 Å². The molecule has 1 N–H and O–H groups in total. The number of methoxy groups -OCH3 is 1. The molecule has 0 saturated heterocycles. The first-order valence-electron chi connectivity index (χ1n) is 6.49. The van der Waals surface area contributed by atoms with Crippen LogP contribution in [0.15, 0.2) is 22.7 Å². The number of rotatable bonds is 5. The van der Waals surface area contributed by atoms with Gasteiger partial charge >= 0.3 is 0 Å². The second-order valence-corrected chi connectivity index (χ2v) is 8.07. The molecule has 0 fully saturated rings. The van der Waals surface area contributed by atoms with Crippen LogP contribution in [-0.4, -0.2) is 24.4 Å². The van der Waals surface area contributed by atoms with E-state index in [9.17, 15) is 4.79 Å². The van der Waals surface area contributed by atoms with Crippen LogP contribution in [0.2, 0.25) is 0 Å². The van der Waals surface area contributed by atoms with Gasteiger partial charge in [-0.3, -0.25) is 4.79 Å². The summed E-state index contributed by atoms with van der Waals surface area (Å²) in [6.07, 6.45) is 1.000. The van der Waals surface area contributed by atoms with Crippen molar-refractivity contribution in [1.29, 1.82) is 0 Å². The molecule has 5 heteroatoms. The van der Waals surface area contributed by atoms with Crippen molar-refractivity contribution < 1.29 is 9.53 Å². The number of amides is 1. The zero-order valence-corrected chi connectivity index (χ0v) is 15.5. The van der Waals surface area contributed by atoms with Gasteiger partial charge in [-0.05, 0) is 46.0 Å². The number of nitrogens with one attached hydrogen (secondary N) is 1. The lowest BCUT2D eigenvalue weighted by Gasteiger charge is -2.22. The van der Waals surface area contributed by atoms with Crippen LogP contribution in [0, 0.1) is 5.41 Å². The van der Waals surface area contributed by atoms with E-state index in [0.717, 1.165) is 10.9 Å². The first-order valence-corrected chi connectivity index (χ1v) is 8.19. The molecule has 0 saturated carbocycles. The Morgan fingerprint density at radius 2 is 2.05 bits per heavy atom. The number of hydrogen-bond donors (Lipinski definition) is 1. The standard InChI is InChI=1S/C15H21Br2NO2/c1-15(2,3)8-11(16)9-18-14(19)10-5-6-13(20-4)12(17)7-10/h5-7,11H,8-9H2,1-4H3,(H,18,19). The molecule has 1 aromatic rings. The van der Waals surface area contributed by atoms with Crippen molar-refractivity contribution >= 4 is 37.8 Å². The third kappa shape index (κ3) is 5.83. The van der Waals surface area contributed by atoms with Crippen molar-refractivity contribution in [3.05, 3.63) is 28.2 Å². The van der Waals surface area contributed by atoms with Crippen molar-refractivity contribution in [3.8, 4) is 5.75 Å². The maximum absolute atomic E-state index is 12.1. The molecule has 0 aliphatic rings. The maximum Gasteiger partial charge on any atom is 0.251 e. The highest BCUT2D eigenvalue weighted by atomic mass is 79.9. The smallest absolute Gasteiger partial charge is 0.251 e. The molecule has 1 amide bonds. The molecule has 1 unspecified atom stereocenters. The highest BCUT2D eigenvalue weighted by Crippen LogP contribution is 2.26. The van der Waals surface area contributed by atoms with Crippen molar-refractivity contribution in [2.45, 2.75) is 32.0 Å². The van der Waals surface area contributed by atoms with Gasteiger partial charge in [-0.1, -0.05) is 36.7 Å². The van der Waals surface area contributed by atoms with E-state index < -0.39 is 0 Å². The Labute approximate surface area is 137 Å². The molecule has 0 heterocycles. The van der Waals surface area contributed by atoms with Gasteiger partial charge in [0.2, 0.25) is 0 Å². The Morgan fingerprint density at radius 3 is 2.55 bits per heavy atom. The number of carbonyl (C=O) groups is 1. The van der Waals surface area contributed by atoms with Gasteiger partial charge in [-0.25, -0.2) is 0 Å². The molecule has 0 radical (unpaired) electrons. The lowest BCUT2D eigenvalue weighted by molar-refractivity contribution is 0.0952. The van der Waals surface area contributed by atoms with Crippen LogP contribution >= 0.6 is 31.9 Å². The van der Waals surface area contributed by atoms with Gasteiger partial charge in [-0.2, -0.15) is 0 Å². The number of halogens is 2. The van der Waals surface area contributed by atoms with E-state index in [1.165, 1.54) is 0 Å². The molecule has 1 rings (SSSR count). The average molecular weight is 407 g/mol. The van der Waals surface area contributed by atoms with Crippen LogP contribution in [0.1, 0.15) is 37.6 Å². The van der Waals surface area contributed by atoms with Crippen LogP contribution in [0.3, 0.4) is 0 Å². The maximum atomic E-state index is 12.1. The van der Waals surface area contributed by atoms with Gasteiger partial charge in [0.15, 0.2) is 0 Å². The minimum Gasteiger partial charge on any atom is -0.496 e. The number of benzene rings is 1. The third-order valence-corrected chi connectivity index (χ3v) is 4.00. The second kappa shape index (κ2) is 7.46. The second-order valence-electron chi connectivity index (χ2n) is 5.92. The predicted molar refractivity (Wildman–Crippen MR) is 89.8 cm³/mol. The minimum absolute atomic E-state index is 0.0771. The molecule has 0 aromatic heterocycles. The predicted octanol–water partition coefficient (Wildman–Crippen LogP) is 4.39. The monoisotopic (exact) mass is 405 g/mol. The van der Waals surface area contributed by atoms with E-state index in [0.29, 0.717) is 17.9 Å². The molecular formula is C15H21Br2NO2. The molecule has 3 nitrogen and oxygen atoms in total. The zero-order valence-electron chi connectivity index (χ0n) is 12.3. The van der Waals surface area contributed by atoms with E-state index in [1.807, 2.05) is 0 Å². The van der Waals surface area contributed by atoms with E-state index in [4.69, 9.17) is 4.74 Å². The SMILES string of the molecule is COc1ccc(C(=O)NCC(Br)CC(C)(C)C)cc1Br. The summed E-state index contributed by atoms with van der Waals surface area (Å²) in [6.45, 7) is 7.16. The summed E-state index contributed by atoms with van der Waals surface area (Å²) < 4.78 is 5.92. The first-order chi connectivity index (χ1) is 9.23. The Bertz CT molecular complexity index is 469. The summed E-state index contributed by atoms with van der Waals surface area (Å²) in [4.78, 5) is 12.3. The van der Waals surface area contributed by atoms with E-state index in [2.05, 4.69) is 57.9 Å². The molecular weight excluding hydrogens is 386 g/mol. The molecule has 20 heavy (non-hydrogen) atoms. The highest BCUT2D eigenvalue weighted by Gasteiger charge is 2.17. The van der Waals surface area contributed by atoms with E-state index in [1.54, 1.807) is 25.3 Å². The van der Waals surface area contributed by atoms with Gasteiger partial charge in [0.25, 0.3) is 5.91 Å². The number of ether oxygens (including phenoxy) is 1. The quantitative estimate of drug-likeness (QED) is 0.736. The largest absolute Gasteiger partial charge is 0.496 e. The van der Waals surface area contributed by atoms with Crippen LogP contribution < -0.4 is 10.1 Å². The van der Waals surface area contributed by atoms with Gasteiger partial charge in [0.1, 0.15) is 5.75 Å². The fourth-order valence-corrected chi connectivity index (χ4v) is 3.52. The van der Waals surface area contributed by atoms with Crippen LogP contribution in [-0.2, 0) is 0 Å². The number of alkyl halides is 1. The number of hydrogen-bond acceptors (Lipinski definition) is 2. The summed E-state index contributed by atoms with van der Waals surface area (Å²) >= 11 is 6.99. The Morgan fingerprint density at radius 1 is 1.40 bits per heavy atom. The lowest BCUT2D eigenvalue weighted by atomic mass is 9.90. The minimum atomic E-state index is -0.0771. The Balaban J connectivity index is 2.57. The average Bonchev–Trinajstić information content (AvgIpc) is 2.33.